The molecule has 0 atom stereocenters. The summed E-state index contributed by atoms with van der Waals surface area (Å²) in [7, 11) is 0. The van der Waals surface area contributed by atoms with Gasteiger partial charge < -0.3 is 9.88 Å². The van der Waals surface area contributed by atoms with Crippen LogP contribution in [0, 0.1) is 17.2 Å². The van der Waals surface area contributed by atoms with Gasteiger partial charge in [0.1, 0.15) is 11.8 Å². The summed E-state index contributed by atoms with van der Waals surface area (Å²) in [4.78, 5) is 0. The molecule has 0 spiro atoms. The number of para-hydroxylation sites is 1. The number of hydrogen-bond acceptors (Lipinski definition) is 2. The molecule has 0 saturated carbocycles. The first-order valence-corrected chi connectivity index (χ1v) is 9.73. The van der Waals surface area contributed by atoms with E-state index in [-0.39, 0.29) is 0 Å². The Morgan fingerprint density at radius 2 is 1.57 bits per heavy atom. The molecule has 3 aromatic carbocycles. The van der Waals surface area contributed by atoms with E-state index < -0.39 is 0 Å². The van der Waals surface area contributed by atoms with E-state index in [4.69, 9.17) is 0 Å². The van der Waals surface area contributed by atoms with Gasteiger partial charge in [-0.1, -0.05) is 42.5 Å². The van der Waals surface area contributed by atoms with Crippen molar-refractivity contribution in [3.05, 3.63) is 95.7 Å². The van der Waals surface area contributed by atoms with Gasteiger partial charge >= 0.3 is 0 Å². The summed E-state index contributed by atoms with van der Waals surface area (Å²) < 4.78 is 2.02. The van der Waals surface area contributed by atoms with Gasteiger partial charge in [-0.25, -0.2) is 0 Å². The highest BCUT2D eigenvalue weighted by Gasteiger charge is 2.20. The first-order valence-electron chi connectivity index (χ1n) is 9.73. The highest BCUT2D eigenvalue weighted by molar-refractivity contribution is 5.84. The van der Waals surface area contributed by atoms with Crippen molar-refractivity contribution in [1.82, 2.24) is 4.57 Å². The normalized spacial score (nSPS) is 13.4. The van der Waals surface area contributed by atoms with Crippen LogP contribution in [0.1, 0.15) is 16.8 Å². The van der Waals surface area contributed by atoms with E-state index in [1.54, 1.807) is 0 Å². The van der Waals surface area contributed by atoms with Crippen molar-refractivity contribution >= 4 is 16.6 Å². The minimum Gasteiger partial charge on any atom is -0.385 e. The Bertz CT molecular complexity index is 1150. The zero-order chi connectivity index (χ0) is 18.9. The number of hydrogen-bond donors (Lipinski definition) is 1. The van der Waals surface area contributed by atoms with E-state index >= 15 is 0 Å². The molecule has 0 bridgehead atoms. The average Bonchev–Trinajstić information content (AvgIpc) is 3.33. The maximum atomic E-state index is 9.53. The van der Waals surface area contributed by atoms with E-state index in [1.165, 1.54) is 11.1 Å². The molecule has 0 amide bonds. The van der Waals surface area contributed by atoms with Crippen LogP contribution >= 0.6 is 0 Å². The molecule has 28 heavy (non-hydrogen) atoms. The molecule has 0 fully saturated rings. The van der Waals surface area contributed by atoms with Crippen molar-refractivity contribution in [3.8, 4) is 11.8 Å². The van der Waals surface area contributed by atoms with Gasteiger partial charge in [-0.15, -0.1) is 0 Å². The van der Waals surface area contributed by atoms with Gasteiger partial charge in [0.15, 0.2) is 0 Å². The number of aromatic nitrogens is 1. The summed E-state index contributed by atoms with van der Waals surface area (Å²) in [6.45, 7) is 0.976. The fourth-order valence-corrected chi connectivity index (χ4v) is 4.30. The molecule has 136 valence electrons. The number of benzene rings is 3. The number of anilines is 1. The summed E-state index contributed by atoms with van der Waals surface area (Å²) in [5.74, 6) is 0.649. The summed E-state index contributed by atoms with van der Waals surface area (Å²) in [6, 6.07) is 29.5. The molecule has 3 heteroatoms. The third kappa shape index (κ3) is 2.93. The van der Waals surface area contributed by atoms with Crippen LogP contribution in [0.25, 0.3) is 16.6 Å². The van der Waals surface area contributed by atoms with Crippen molar-refractivity contribution < 1.29 is 0 Å². The Hall–Kier alpha value is -3.51. The SMILES string of the molecule is N#Cc1cc2ccccc2n1-c1ccc(NCC2Cc3ccccc3C2)cc1. The molecular weight excluding hydrogens is 342 g/mol. The molecule has 0 saturated heterocycles. The summed E-state index contributed by atoms with van der Waals surface area (Å²) in [5.41, 5.74) is 6.83. The Morgan fingerprint density at radius 1 is 0.893 bits per heavy atom. The number of nitrogens with one attached hydrogen (secondary N) is 1. The molecular formula is C25H21N3. The summed E-state index contributed by atoms with van der Waals surface area (Å²) in [5, 5.41) is 14.2. The van der Waals surface area contributed by atoms with E-state index in [9.17, 15) is 5.26 Å². The van der Waals surface area contributed by atoms with Gasteiger partial charge in [-0.2, -0.15) is 5.26 Å². The van der Waals surface area contributed by atoms with Crippen LogP contribution in [0.15, 0.2) is 78.9 Å². The molecule has 1 N–H and O–H groups in total. The zero-order valence-electron chi connectivity index (χ0n) is 15.6. The van der Waals surface area contributed by atoms with E-state index in [0.29, 0.717) is 11.6 Å². The van der Waals surface area contributed by atoms with Gasteiger partial charge in [0.05, 0.1) is 5.52 Å². The number of rotatable bonds is 4. The largest absolute Gasteiger partial charge is 0.385 e. The maximum absolute atomic E-state index is 9.53. The van der Waals surface area contributed by atoms with E-state index in [2.05, 4.69) is 66.0 Å². The number of nitrogens with zero attached hydrogens (tertiary/aromatic N) is 2. The Balaban J connectivity index is 1.33. The smallest absolute Gasteiger partial charge is 0.125 e. The third-order valence-corrected chi connectivity index (χ3v) is 5.68. The van der Waals surface area contributed by atoms with Crippen LogP contribution in [0.3, 0.4) is 0 Å². The molecule has 0 unspecified atom stereocenters. The van der Waals surface area contributed by atoms with Gasteiger partial charge in [0.2, 0.25) is 0 Å². The van der Waals surface area contributed by atoms with Crippen molar-refractivity contribution in [2.24, 2.45) is 5.92 Å². The van der Waals surface area contributed by atoms with Gasteiger partial charge in [0.25, 0.3) is 0 Å². The Labute approximate surface area is 164 Å². The quantitative estimate of drug-likeness (QED) is 0.532. The van der Waals surface area contributed by atoms with Crippen molar-refractivity contribution in [2.75, 3.05) is 11.9 Å². The molecule has 3 nitrogen and oxygen atoms in total. The average molecular weight is 363 g/mol. The second-order valence-electron chi connectivity index (χ2n) is 7.51. The molecule has 1 aliphatic rings. The molecule has 1 aliphatic carbocycles. The highest BCUT2D eigenvalue weighted by atomic mass is 15.0. The standard InChI is InChI=1S/C25H21N3/c26-16-24-15-21-7-3-4-8-25(21)28(24)23-11-9-22(10-12-23)27-17-18-13-19-5-1-2-6-20(19)14-18/h1-12,15,18,27H,13-14,17H2. The van der Waals surface area contributed by atoms with Crippen LogP contribution in [-0.2, 0) is 12.8 Å². The molecule has 0 aliphatic heterocycles. The van der Waals surface area contributed by atoms with Gasteiger partial charge in [0, 0.05) is 23.3 Å². The minimum atomic E-state index is 0.649. The van der Waals surface area contributed by atoms with Crippen LogP contribution in [0.4, 0.5) is 5.69 Å². The summed E-state index contributed by atoms with van der Waals surface area (Å²) >= 11 is 0. The van der Waals surface area contributed by atoms with Crippen LogP contribution in [-0.4, -0.2) is 11.1 Å². The third-order valence-electron chi connectivity index (χ3n) is 5.68. The first-order chi connectivity index (χ1) is 13.8. The highest BCUT2D eigenvalue weighted by Crippen LogP contribution is 2.28. The van der Waals surface area contributed by atoms with E-state index in [1.807, 2.05) is 28.8 Å². The van der Waals surface area contributed by atoms with Gasteiger partial charge in [-0.3, -0.25) is 0 Å². The Morgan fingerprint density at radius 3 is 2.29 bits per heavy atom. The monoisotopic (exact) mass is 363 g/mol. The first kappa shape index (κ1) is 16.6. The molecule has 4 aromatic rings. The lowest BCUT2D eigenvalue weighted by Gasteiger charge is -2.13. The van der Waals surface area contributed by atoms with Crippen LogP contribution < -0.4 is 5.32 Å². The minimum absolute atomic E-state index is 0.649. The Kier molecular flexibility index (Phi) is 4.10. The fraction of sp³-hybridized carbons (Fsp3) is 0.160. The molecule has 1 aromatic heterocycles. The lowest BCUT2D eigenvalue weighted by molar-refractivity contribution is 0.594. The molecule has 1 heterocycles. The summed E-state index contributed by atoms with van der Waals surface area (Å²) in [6.07, 6.45) is 2.31. The second-order valence-corrected chi connectivity index (χ2v) is 7.51. The lowest BCUT2D eigenvalue weighted by atomic mass is 10.1. The van der Waals surface area contributed by atoms with Crippen LogP contribution in [0.2, 0.25) is 0 Å². The van der Waals surface area contributed by atoms with Crippen molar-refractivity contribution in [3.63, 3.8) is 0 Å². The second kappa shape index (κ2) is 6.90. The number of nitriles is 1. The predicted octanol–water partition coefficient (Wildman–Crippen LogP) is 5.33. The molecule has 0 radical (unpaired) electrons. The number of fused-ring (bicyclic) bond motifs is 2. The topological polar surface area (TPSA) is 40.8 Å². The maximum Gasteiger partial charge on any atom is 0.125 e. The van der Waals surface area contributed by atoms with E-state index in [0.717, 1.165) is 41.7 Å². The van der Waals surface area contributed by atoms with Crippen molar-refractivity contribution in [2.45, 2.75) is 12.8 Å². The van der Waals surface area contributed by atoms with Gasteiger partial charge in [-0.05, 0) is 66.3 Å². The molecule has 5 rings (SSSR count). The fourth-order valence-electron chi connectivity index (χ4n) is 4.30. The lowest BCUT2D eigenvalue weighted by Crippen LogP contribution is -2.14. The van der Waals surface area contributed by atoms with Crippen LogP contribution in [0.5, 0.6) is 0 Å². The zero-order valence-corrected chi connectivity index (χ0v) is 15.6. The predicted molar refractivity (Wildman–Crippen MR) is 114 cm³/mol. The van der Waals surface area contributed by atoms with Crippen molar-refractivity contribution in [1.29, 1.82) is 5.26 Å².